The summed E-state index contributed by atoms with van der Waals surface area (Å²) in [6.45, 7) is 7.77. The molecule has 0 aliphatic carbocycles. The molecule has 1 heterocycles. The minimum atomic E-state index is -0.798. The van der Waals surface area contributed by atoms with E-state index in [0.29, 0.717) is 18.7 Å². The molecule has 0 saturated carbocycles. The largest absolute Gasteiger partial charge is 0.450 e. The number of alkyl halides is 1. The van der Waals surface area contributed by atoms with Crippen LogP contribution in [0.4, 0.5) is 9.18 Å². The summed E-state index contributed by atoms with van der Waals surface area (Å²) < 4.78 is 20.2. The number of ether oxygens (including phenoxy) is 1. The molecule has 5 nitrogen and oxygen atoms in total. The molecule has 0 radical (unpaired) electrons. The van der Waals surface area contributed by atoms with Gasteiger partial charge in [-0.15, -0.1) is 0 Å². The number of nitrogens with zero attached hydrogens (tertiary/aromatic N) is 2. The average molecular weight is 380 g/mol. The molecule has 0 spiro atoms. The highest BCUT2D eigenvalue weighted by Crippen LogP contribution is 2.36. The van der Waals surface area contributed by atoms with E-state index in [1.807, 2.05) is 0 Å². The van der Waals surface area contributed by atoms with Gasteiger partial charge in [-0.2, -0.15) is 0 Å². The van der Waals surface area contributed by atoms with Crippen molar-refractivity contribution in [1.29, 1.82) is 0 Å². The van der Waals surface area contributed by atoms with Crippen LogP contribution >= 0.6 is 11.8 Å². The number of carbonyl (C=O) groups is 1. The van der Waals surface area contributed by atoms with E-state index in [1.165, 1.54) is 11.1 Å². The third-order valence-electron chi connectivity index (χ3n) is 3.89. The first-order valence-corrected chi connectivity index (χ1v) is 9.47. The maximum Gasteiger partial charge on any atom is 0.404 e. The monoisotopic (exact) mass is 379 g/mol. The fourth-order valence-electron chi connectivity index (χ4n) is 2.81. The van der Waals surface area contributed by atoms with Crippen LogP contribution in [0, 0.1) is 13.8 Å². The van der Waals surface area contributed by atoms with E-state index in [2.05, 4.69) is 50.9 Å². The number of carbonyl (C=O) groups excluding carboxylic acids is 1. The Hall–Kier alpha value is -2.02. The van der Waals surface area contributed by atoms with Crippen LogP contribution in [0.3, 0.4) is 0 Å². The highest BCUT2D eigenvalue weighted by molar-refractivity contribution is 7.99. The first-order chi connectivity index (χ1) is 12.3. The zero-order valence-electron chi connectivity index (χ0n) is 15.7. The molecule has 0 aliphatic rings. The highest BCUT2D eigenvalue weighted by Gasteiger charge is 2.20. The Kier molecular flexibility index (Phi) is 7.08. The van der Waals surface area contributed by atoms with Crippen LogP contribution in [-0.2, 0) is 18.0 Å². The van der Waals surface area contributed by atoms with Crippen LogP contribution in [0.5, 0.6) is 0 Å². The van der Waals surface area contributed by atoms with Crippen LogP contribution in [-0.4, -0.2) is 22.3 Å². The molecule has 1 aromatic carbocycles. The average Bonchev–Trinajstić information content (AvgIpc) is 2.88. The Labute approximate surface area is 158 Å². The van der Waals surface area contributed by atoms with Crippen molar-refractivity contribution < 1.29 is 13.9 Å². The van der Waals surface area contributed by atoms with E-state index in [9.17, 15) is 9.18 Å². The predicted molar refractivity (Wildman–Crippen MR) is 101 cm³/mol. The summed E-state index contributed by atoms with van der Waals surface area (Å²) in [7, 11) is 0. The normalized spacial score (nSPS) is 11.2. The molecule has 26 heavy (non-hydrogen) atoms. The molecule has 142 valence electrons. The standard InChI is InChI=1S/C19H26FN3O2S/c1-12(2)17-18(26-15-9-13(3)8-14(4)10-15)23(11-20)16(22-17)6-5-7-25-19(21)24/h8-10,12H,5-7,11H2,1-4H3,(H2,21,24). The van der Waals surface area contributed by atoms with E-state index in [-0.39, 0.29) is 12.5 Å². The molecule has 0 fully saturated rings. The van der Waals surface area contributed by atoms with E-state index in [0.717, 1.165) is 15.6 Å². The minimum Gasteiger partial charge on any atom is -0.450 e. The summed E-state index contributed by atoms with van der Waals surface area (Å²) in [5.41, 5.74) is 8.20. The zero-order valence-corrected chi connectivity index (χ0v) is 16.5. The summed E-state index contributed by atoms with van der Waals surface area (Å²) in [4.78, 5) is 16.4. The maximum absolute atomic E-state index is 13.8. The lowest BCUT2D eigenvalue weighted by molar-refractivity contribution is 0.155. The van der Waals surface area contributed by atoms with Crippen molar-refractivity contribution in [3.8, 4) is 0 Å². The van der Waals surface area contributed by atoms with Gasteiger partial charge in [0.05, 0.1) is 12.3 Å². The third kappa shape index (κ3) is 5.24. The smallest absolute Gasteiger partial charge is 0.404 e. The van der Waals surface area contributed by atoms with Crippen LogP contribution in [0.1, 0.15) is 48.8 Å². The topological polar surface area (TPSA) is 70.1 Å². The van der Waals surface area contributed by atoms with Gasteiger partial charge in [0.15, 0.2) is 6.80 Å². The number of nitrogens with two attached hydrogens (primary N) is 1. The van der Waals surface area contributed by atoms with Crippen molar-refractivity contribution in [3.05, 3.63) is 40.8 Å². The lowest BCUT2D eigenvalue weighted by atomic mass is 10.1. The fourth-order valence-corrected chi connectivity index (χ4v) is 4.17. The van der Waals surface area contributed by atoms with Crippen molar-refractivity contribution in [1.82, 2.24) is 9.55 Å². The number of aromatic nitrogens is 2. The van der Waals surface area contributed by atoms with Crippen molar-refractivity contribution in [2.24, 2.45) is 5.73 Å². The Morgan fingerprint density at radius 1 is 1.31 bits per heavy atom. The van der Waals surface area contributed by atoms with Crippen LogP contribution < -0.4 is 5.73 Å². The molecule has 7 heteroatoms. The number of hydrogen-bond acceptors (Lipinski definition) is 4. The van der Waals surface area contributed by atoms with Gasteiger partial charge in [-0.1, -0.05) is 31.7 Å². The second kappa shape index (κ2) is 9.07. The summed E-state index contributed by atoms with van der Waals surface area (Å²) in [5, 5.41) is 0.832. The lowest BCUT2D eigenvalue weighted by Crippen LogP contribution is -2.14. The van der Waals surface area contributed by atoms with Gasteiger partial charge in [0.1, 0.15) is 10.9 Å². The number of benzene rings is 1. The molecule has 0 saturated heterocycles. The zero-order chi connectivity index (χ0) is 19.3. The Morgan fingerprint density at radius 3 is 2.50 bits per heavy atom. The van der Waals surface area contributed by atoms with E-state index < -0.39 is 12.9 Å². The highest BCUT2D eigenvalue weighted by atomic mass is 32.2. The molecular weight excluding hydrogens is 353 g/mol. The minimum absolute atomic E-state index is 0.178. The molecule has 1 amide bonds. The Balaban J connectivity index is 2.29. The Morgan fingerprint density at radius 2 is 1.96 bits per heavy atom. The summed E-state index contributed by atoms with van der Waals surface area (Å²) in [6, 6.07) is 6.31. The second-order valence-electron chi connectivity index (χ2n) is 6.62. The number of aryl methyl sites for hydroxylation is 3. The number of amides is 1. The molecule has 0 unspecified atom stereocenters. The van der Waals surface area contributed by atoms with Gasteiger partial charge >= 0.3 is 6.09 Å². The van der Waals surface area contributed by atoms with Crippen molar-refractivity contribution in [3.63, 3.8) is 0 Å². The molecule has 0 atom stereocenters. The van der Waals surface area contributed by atoms with E-state index in [1.54, 1.807) is 16.3 Å². The molecule has 1 aromatic heterocycles. The van der Waals surface area contributed by atoms with Crippen LogP contribution in [0.25, 0.3) is 0 Å². The number of imidazole rings is 1. The number of rotatable bonds is 8. The lowest BCUT2D eigenvalue weighted by Gasteiger charge is -2.11. The van der Waals surface area contributed by atoms with Gasteiger partial charge in [0.2, 0.25) is 0 Å². The van der Waals surface area contributed by atoms with Gasteiger partial charge in [-0.3, -0.25) is 4.57 Å². The van der Waals surface area contributed by atoms with Gasteiger partial charge in [-0.05, 0) is 49.4 Å². The number of hydrogen-bond donors (Lipinski definition) is 1. The maximum atomic E-state index is 13.8. The third-order valence-corrected chi connectivity index (χ3v) is 4.98. The molecule has 2 aromatic rings. The van der Waals surface area contributed by atoms with E-state index >= 15 is 0 Å². The molecule has 2 N–H and O–H groups in total. The SMILES string of the molecule is Cc1cc(C)cc(Sc2c(C(C)C)nc(CCCOC(N)=O)n2CF)c1. The van der Waals surface area contributed by atoms with Gasteiger partial charge in [0.25, 0.3) is 0 Å². The Bertz CT molecular complexity index is 754. The fraction of sp³-hybridized carbons (Fsp3) is 0.474. The van der Waals surface area contributed by atoms with Crippen LogP contribution in [0.2, 0.25) is 0 Å². The molecular formula is C19H26FN3O2S. The number of halogens is 1. The van der Waals surface area contributed by atoms with E-state index in [4.69, 9.17) is 10.5 Å². The summed E-state index contributed by atoms with van der Waals surface area (Å²) in [5.74, 6) is 0.841. The quantitative estimate of drug-likeness (QED) is 0.673. The van der Waals surface area contributed by atoms with Gasteiger partial charge < -0.3 is 10.5 Å². The van der Waals surface area contributed by atoms with Crippen molar-refractivity contribution in [2.75, 3.05) is 6.61 Å². The second-order valence-corrected chi connectivity index (χ2v) is 7.68. The first kappa shape index (κ1) is 20.3. The summed E-state index contributed by atoms with van der Waals surface area (Å²) in [6.07, 6.45) is 0.267. The summed E-state index contributed by atoms with van der Waals surface area (Å²) >= 11 is 1.54. The predicted octanol–water partition coefficient (Wildman–Crippen LogP) is 4.73. The van der Waals surface area contributed by atoms with Crippen molar-refractivity contribution in [2.45, 2.75) is 63.2 Å². The van der Waals surface area contributed by atoms with Crippen molar-refractivity contribution >= 4 is 17.9 Å². The molecule has 2 rings (SSSR count). The number of primary amides is 1. The molecule has 0 bridgehead atoms. The molecule has 0 aliphatic heterocycles. The van der Waals surface area contributed by atoms with Gasteiger partial charge in [0, 0.05) is 11.3 Å². The first-order valence-electron chi connectivity index (χ1n) is 8.65. The van der Waals surface area contributed by atoms with Crippen LogP contribution in [0.15, 0.2) is 28.1 Å². The van der Waals surface area contributed by atoms with Gasteiger partial charge in [-0.25, -0.2) is 14.2 Å².